The van der Waals surface area contributed by atoms with Crippen molar-refractivity contribution in [3.8, 4) is 56.4 Å². The average Bonchev–Trinajstić information content (AvgIpc) is 3.96. The molecule has 0 unspecified atom stereocenters. The van der Waals surface area contributed by atoms with E-state index in [1.165, 1.54) is 36.9 Å². The molecule has 4 heterocycles. The third-order valence-electron chi connectivity index (χ3n) is 11.0. The number of fused-ring (bicyclic) bond motifs is 9. The van der Waals surface area contributed by atoms with Gasteiger partial charge in [0.2, 0.25) is 0 Å². The van der Waals surface area contributed by atoms with Crippen molar-refractivity contribution in [3.05, 3.63) is 176 Å². The summed E-state index contributed by atoms with van der Waals surface area (Å²) in [5.41, 5.74) is 10.6. The minimum absolute atomic E-state index is 0.566. The molecule has 6 heteroatoms. The van der Waals surface area contributed by atoms with E-state index in [2.05, 4.69) is 115 Å². The molecule has 0 saturated carbocycles. The van der Waals surface area contributed by atoms with E-state index >= 15 is 0 Å². The van der Waals surface area contributed by atoms with Crippen molar-refractivity contribution in [1.82, 2.24) is 15.0 Å². The second kappa shape index (κ2) is 12.6. The first-order valence-electron chi connectivity index (χ1n) is 18.9. The fraction of sp³-hybridized carbons (Fsp3) is 0. The molecule has 5 nitrogen and oxygen atoms in total. The van der Waals surface area contributed by atoms with Crippen LogP contribution >= 0.6 is 11.3 Å². The smallest absolute Gasteiger partial charge is 0.164 e. The summed E-state index contributed by atoms with van der Waals surface area (Å²) in [6, 6.07) is 61.1. The molecule has 0 spiro atoms. The first-order chi connectivity index (χ1) is 28.2. The summed E-state index contributed by atoms with van der Waals surface area (Å²) in [5, 5.41) is 6.85. The third-order valence-corrected chi connectivity index (χ3v) is 12.1. The highest BCUT2D eigenvalue weighted by atomic mass is 32.1. The predicted molar refractivity (Wildman–Crippen MR) is 234 cm³/mol. The fourth-order valence-electron chi connectivity index (χ4n) is 8.18. The van der Waals surface area contributed by atoms with Crippen LogP contribution in [0.1, 0.15) is 0 Å². The molecule has 0 saturated heterocycles. The Morgan fingerprint density at radius 1 is 0.298 bits per heavy atom. The van der Waals surface area contributed by atoms with Gasteiger partial charge in [0.25, 0.3) is 0 Å². The molecule has 0 amide bonds. The van der Waals surface area contributed by atoms with Crippen molar-refractivity contribution < 1.29 is 8.83 Å². The Hall–Kier alpha value is -7.41. The molecule has 0 N–H and O–H groups in total. The lowest BCUT2D eigenvalue weighted by Gasteiger charge is -2.11. The van der Waals surface area contributed by atoms with Gasteiger partial charge in [-0.2, -0.15) is 0 Å². The molecule has 0 atom stereocenters. The highest BCUT2D eigenvalue weighted by Crippen LogP contribution is 2.41. The maximum atomic E-state index is 6.52. The Balaban J connectivity index is 0.951. The van der Waals surface area contributed by atoms with E-state index in [4.69, 9.17) is 23.8 Å². The minimum atomic E-state index is 0.566. The maximum absolute atomic E-state index is 6.52. The predicted octanol–water partition coefficient (Wildman–Crippen LogP) is 14.4. The number of thiophene rings is 1. The van der Waals surface area contributed by atoms with Crippen LogP contribution in [0.5, 0.6) is 0 Å². The zero-order valence-corrected chi connectivity index (χ0v) is 31.1. The monoisotopic (exact) mass is 747 g/mol. The summed E-state index contributed by atoms with van der Waals surface area (Å²) in [4.78, 5) is 15.0. The Bertz CT molecular complexity index is 3540. The zero-order valence-electron chi connectivity index (χ0n) is 30.3. The van der Waals surface area contributed by atoms with Crippen LogP contribution in [-0.4, -0.2) is 15.0 Å². The van der Waals surface area contributed by atoms with E-state index in [1.54, 1.807) is 0 Å². The summed E-state index contributed by atoms with van der Waals surface area (Å²) in [7, 11) is 0. The van der Waals surface area contributed by atoms with Crippen LogP contribution in [-0.2, 0) is 0 Å². The Morgan fingerprint density at radius 2 is 0.789 bits per heavy atom. The van der Waals surface area contributed by atoms with Crippen LogP contribution in [0.25, 0.3) is 120 Å². The molecule has 12 rings (SSSR count). The van der Waals surface area contributed by atoms with Gasteiger partial charge in [-0.3, -0.25) is 0 Å². The van der Waals surface area contributed by atoms with Gasteiger partial charge in [0.1, 0.15) is 22.3 Å². The normalized spacial score (nSPS) is 11.9. The van der Waals surface area contributed by atoms with E-state index in [9.17, 15) is 0 Å². The van der Waals surface area contributed by atoms with Crippen LogP contribution < -0.4 is 0 Å². The van der Waals surface area contributed by atoms with Gasteiger partial charge in [0.05, 0.1) is 0 Å². The SMILES string of the molecule is c1ccc(-c2nc(-c3ccc4c(c3)oc3ccccc34)nc(-c3ccc4c(c3)oc3ccc(-c5ccccc5-c5ccc6c(c5)sc5ccccc56)cc34)n2)cc1. The van der Waals surface area contributed by atoms with Crippen molar-refractivity contribution in [1.29, 1.82) is 0 Å². The molecule has 0 radical (unpaired) electrons. The van der Waals surface area contributed by atoms with Crippen LogP contribution in [0.15, 0.2) is 185 Å². The quantitative estimate of drug-likeness (QED) is 0.175. The highest BCUT2D eigenvalue weighted by molar-refractivity contribution is 7.25. The summed E-state index contributed by atoms with van der Waals surface area (Å²) < 4.78 is 15.4. The fourth-order valence-corrected chi connectivity index (χ4v) is 9.32. The topological polar surface area (TPSA) is 65.0 Å². The van der Waals surface area contributed by atoms with Gasteiger partial charge in [-0.25, -0.2) is 15.0 Å². The van der Waals surface area contributed by atoms with E-state index in [0.717, 1.165) is 66.1 Å². The first-order valence-corrected chi connectivity index (χ1v) is 19.7. The maximum Gasteiger partial charge on any atom is 0.164 e. The van der Waals surface area contributed by atoms with Gasteiger partial charge in [0, 0.05) is 58.4 Å². The van der Waals surface area contributed by atoms with Gasteiger partial charge in [0.15, 0.2) is 17.5 Å². The van der Waals surface area contributed by atoms with Gasteiger partial charge in [-0.1, -0.05) is 121 Å². The van der Waals surface area contributed by atoms with Crippen molar-refractivity contribution in [3.63, 3.8) is 0 Å². The number of hydrogen-bond donors (Lipinski definition) is 0. The van der Waals surface area contributed by atoms with Gasteiger partial charge >= 0.3 is 0 Å². The second-order valence-corrected chi connectivity index (χ2v) is 15.4. The lowest BCUT2D eigenvalue weighted by atomic mass is 9.93. The summed E-state index contributed by atoms with van der Waals surface area (Å²) in [6.07, 6.45) is 0. The lowest BCUT2D eigenvalue weighted by Crippen LogP contribution is -2.00. The van der Waals surface area contributed by atoms with Crippen molar-refractivity contribution in [2.24, 2.45) is 0 Å². The van der Waals surface area contributed by atoms with E-state index in [1.807, 2.05) is 72.0 Å². The summed E-state index contributed by atoms with van der Waals surface area (Å²) >= 11 is 1.85. The van der Waals surface area contributed by atoms with Gasteiger partial charge in [-0.05, 0) is 76.9 Å². The standard InChI is InChI=1S/C51H29N3O2S/c1-2-10-30(11-3-1)49-52-50(33-19-22-38-37-14-6-8-16-43(37)55-45(38)27-33)54-51(53-49)34-20-23-39-42-26-31(21-25-44(42)56-46(39)28-34)35-12-4-5-13-36(35)32-18-24-41-40-15-7-9-17-47(40)57-48(41)29-32/h1-29H. The largest absolute Gasteiger partial charge is 0.456 e. The zero-order chi connectivity index (χ0) is 37.5. The van der Waals surface area contributed by atoms with Crippen LogP contribution in [0.2, 0.25) is 0 Å². The van der Waals surface area contributed by atoms with Crippen molar-refractivity contribution in [2.75, 3.05) is 0 Å². The molecule has 8 aromatic carbocycles. The van der Waals surface area contributed by atoms with Gasteiger partial charge in [-0.15, -0.1) is 11.3 Å². The van der Waals surface area contributed by atoms with Crippen LogP contribution in [0.4, 0.5) is 0 Å². The Labute approximate surface area is 330 Å². The number of nitrogens with zero attached hydrogens (tertiary/aromatic N) is 3. The highest BCUT2D eigenvalue weighted by Gasteiger charge is 2.18. The summed E-state index contributed by atoms with van der Waals surface area (Å²) in [5.74, 6) is 1.73. The summed E-state index contributed by atoms with van der Waals surface area (Å²) in [6.45, 7) is 0. The van der Waals surface area contributed by atoms with Crippen LogP contribution in [0.3, 0.4) is 0 Å². The lowest BCUT2D eigenvalue weighted by molar-refractivity contribution is 0.668. The van der Waals surface area contributed by atoms with Crippen molar-refractivity contribution in [2.45, 2.75) is 0 Å². The Morgan fingerprint density at radius 3 is 1.53 bits per heavy atom. The molecule has 4 aromatic heterocycles. The molecule has 0 aliphatic rings. The average molecular weight is 748 g/mol. The molecule has 0 bridgehead atoms. The van der Waals surface area contributed by atoms with Gasteiger partial charge < -0.3 is 8.83 Å². The molecule has 0 aliphatic heterocycles. The van der Waals surface area contributed by atoms with Crippen molar-refractivity contribution >= 4 is 75.4 Å². The number of furan rings is 2. The molecule has 12 aromatic rings. The minimum Gasteiger partial charge on any atom is -0.456 e. The molecule has 0 fully saturated rings. The third kappa shape index (κ3) is 5.26. The first kappa shape index (κ1) is 31.9. The molecule has 0 aliphatic carbocycles. The van der Waals surface area contributed by atoms with E-state index in [0.29, 0.717) is 17.5 Å². The second-order valence-electron chi connectivity index (χ2n) is 14.4. The molecular weight excluding hydrogens is 719 g/mol. The molecule has 57 heavy (non-hydrogen) atoms. The number of para-hydroxylation sites is 1. The number of hydrogen-bond acceptors (Lipinski definition) is 6. The molecule has 266 valence electrons. The number of benzene rings is 8. The van der Waals surface area contributed by atoms with E-state index in [-0.39, 0.29) is 0 Å². The van der Waals surface area contributed by atoms with E-state index < -0.39 is 0 Å². The van der Waals surface area contributed by atoms with Crippen LogP contribution in [0, 0.1) is 0 Å². The Kier molecular flexibility index (Phi) is 7.03. The molecular formula is C51H29N3O2S. The number of rotatable bonds is 5. The number of aromatic nitrogens is 3.